The van der Waals surface area contributed by atoms with Crippen LogP contribution in [0.2, 0.25) is 0 Å². The molecule has 0 amide bonds. The number of hydrogen-bond acceptors (Lipinski definition) is 5. The molecular formula is C14H18BrN5O. The number of ether oxygens (including phenoxy) is 1. The van der Waals surface area contributed by atoms with E-state index in [4.69, 9.17) is 10.5 Å². The molecule has 7 heteroatoms. The first-order valence-corrected chi connectivity index (χ1v) is 7.84. The number of halogens is 1. The van der Waals surface area contributed by atoms with Gasteiger partial charge in [0.15, 0.2) is 5.82 Å². The topological polar surface area (TPSA) is 78.9 Å². The van der Waals surface area contributed by atoms with Gasteiger partial charge >= 0.3 is 0 Å². The van der Waals surface area contributed by atoms with E-state index in [-0.39, 0.29) is 0 Å². The van der Waals surface area contributed by atoms with Gasteiger partial charge in [0, 0.05) is 22.3 Å². The monoisotopic (exact) mass is 351 g/mol. The summed E-state index contributed by atoms with van der Waals surface area (Å²) >= 11 is 3.46. The average molecular weight is 352 g/mol. The van der Waals surface area contributed by atoms with Gasteiger partial charge in [-0.25, -0.2) is 4.68 Å². The zero-order valence-corrected chi connectivity index (χ0v) is 13.5. The van der Waals surface area contributed by atoms with E-state index in [0.29, 0.717) is 13.2 Å². The van der Waals surface area contributed by atoms with Gasteiger partial charge in [-0.15, -0.1) is 5.10 Å². The summed E-state index contributed by atoms with van der Waals surface area (Å²) in [7, 11) is 0. The lowest BCUT2D eigenvalue weighted by Gasteiger charge is -2.10. The number of nitrogens with two attached hydrogens (primary N) is 1. The number of nitrogens with zero attached hydrogens (tertiary/aromatic N) is 4. The number of anilines is 1. The fraction of sp³-hybridized carbons (Fsp3) is 0.500. The Morgan fingerprint density at radius 3 is 3.00 bits per heavy atom. The zero-order valence-electron chi connectivity index (χ0n) is 11.9. The van der Waals surface area contributed by atoms with E-state index in [2.05, 4.69) is 31.5 Å². The molecule has 1 heterocycles. The maximum absolute atomic E-state index is 6.01. The number of benzene rings is 1. The van der Waals surface area contributed by atoms with Crippen LogP contribution < -0.4 is 5.73 Å². The van der Waals surface area contributed by atoms with Gasteiger partial charge in [-0.3, -0.25) is 0 Å². The lowest BCUT2D eigenvalue weighted by atomic mass is 10.1. The maximum atomic E-state index is 6.01. The molecule has 0 aliphatic heterocycles. The second-order valence-corrected chi connectivity index (χ2v) is 6.33. The van der Waals surface area contributed by atoms with Crippen LogP contribution in [0.15, 0.2) is 16.6 Å². The van der Waals surface area contributed by atoms with Crippen LogP contribution in [0, 0.1) is 12.8 Å². The minimum Gasteiger partial charge on any atom is -0.398 e. The van der Waals surface area contributed by atoms with E-state index in [0.717, 1.165) is 39.6 Å². The van der Waals surface area contributed by atoms with Crippen molar-refractivity contribution in [2.24, 2.45) is 5.92 Å². The Morgan fingerprint density at radius 2 is 2.24 bits per heavy atom. The van der Waals surface area contributed by atoms with Crippen molar-refractivity contribution >= 4 is 21.6 Å². The first-order chi connectivity index (χ1) is 10.1. The predicted octanol–water partition coefficient (Wildman–Crippen LogP) is 2.42. The second-order valence-electron chi connectivity index (χ2n) is 5.41. The molecule has 1 aliphatic rings. The summed E-state index contributed by atoms with van der Waals surface area (Å²) in [5.74, 6) is 1.49. The number of nitrogen functional groups attached to an aromatic ring is 1. The molecule has 0 radical (unpaired) electrons. The van der Waals surface area contributed by atoms with Crippen molar-refractivity contribution in [3.05, 3.63) is 22.2 Å². The highest BCUT2D eigenvalue weighted by Gasteiger charge is 2.21. The van der Waals surface area contributed by atoms with Crippen LogP contribution >= 0.6 is 15.9 Å². The smallest absolute Gasteiger partial charge is 0.182 e. The molecule has 2 aromatic rings. The Labute approximate surface area is 131 Å². The van der Waals surface area contributed by atoms with Crippen LogP contribution in [0.4, 0.5) is 5.69 Å². The molecule has 6 nitrogen and oxygen atoms in total. The van der Waals surface area contributed by atoms with Crippen LogP contribution in [0.25, 0.3) is 11.4 Å². The molecule has 0 atom stereocenters. The number of aromatic nitrogens is 4. The summed E-state index contributed by atoms with van der Waals surface area (Å²) in [4.78, 5) is 0. The van der Waals surface area contributed by atoms with Gasteiger partial charge in [0.25, 0.3) is 0 Å². The first kappa shape index (κ1) is 14.5. The van der Waals surface area contributed by atoms with E-state index in [9.17, 15) is 0 Å². The Kier molecular flexibility index (Phi) is 4.21. The molecule has 1 saturated carbocycles. The van der Waals surface area contributed by atoms with Crippen LogP contribution in [-0.4, -0.2) is 33.4 Å². The minimum absolute atomic E-state index is 0.622. The summed E-state index contributed by atoms with van der Waals surface area (Å²) in [5, 5.41) is 11.9. The fourth-order valence-corrected chi connectivity index (χ4v) is 2.64. The van der Waals surface area contributed by atoms with Gasteiger partial charge in [0.2, 0.25) is 0 Å². The molecular weight excluding hydrogens is 334 g/mol. The molecule has 0 saturated heterocycles. The van der Waals surface area contributed by atoms with Gasteiger partial charge in [0.1, 0.15) is 0 Å². The van der Waals surface area contributed by atoms with Gasteiger partial charge in [-0.05, 0) is 53.8 Å². The zero-order chi connectivity index (χ0) is 14.8. The highest BCUT2D eigenvalue weighted by Crippen LogP contribution is 2.30. The van der Waals surface area contributed by atoms with Gasteiger partial charge in [0.05, 0.1) is 13.2 Å². The van der Waals surface area contributed by atoms with Gasteiger partial charge < -0.3 is 10.5 Å². The molecule has 2 N–H and O–H groups in total. The third kappa shape index (κ3) is 3.41. The molecule has 112 valence electrons. The lowest BCUT2D eigenvalue weighted by Crippen LogP contribution is -2.11. The quantitative estimate of drug-likeness (QED) is 0.638. The summed E-state index contributed by atoms with van der Waals surface area (Å²) in [6, 6.07) is 3.87. The Bertz CT molecular complexity index is 638. The number of rotatable bonds is 6. The Balaban J connectivity index is 1.74. The van der Waals surface area contributed by atoms with Crippen molar-refractivity contribution in [2.45, 2.75) is 26.3 Å². The predicted molar refractivity (Wildman–Crippen MR) is 83.6 cm³/mol. The highest BCUT2D eigenvalue weighted by atomic mass is 79.9. The molecule has 1 aromatic carbocycles. The summed E-state index contributed by atoms with van der Waals surface area (Å²) in [5.41, 5.74) is 8.65. The molecule has 0 bridgehead atoms. The highest BCUT2D eigenvalue weighted by molar-refractivity contribution is 9.10. The van der Waals surface area contributed by atoms with E-state index in [1.165, 1.54) is 12.8 Å². The van der Waals surface area contributed by atoms with E-state index in [1.807, 2.05) is 19.1 Å². The minimum atomic E-state index is 0.622. The number of hydrogen-bond donors (Lipinski definition) is 1. The maximum Gasteiger partial charge on any atom is 0.182 e. The number of tetrazole rings is 1. The van der Waals surface area contributed by atoms with Crippen molar-refractivity contribution in [3.8, 4) is 11.4 Å². The van der Waals surface area contributed by atoms with Crippen LogP contribution in [0.3, 0.4) is 0 Å². The molecule has 0 spiro atoms. The average Bonchev–Trinajstić information content (AvgIpc) is 3.16. The summed E-state index contributed by atoms with van der Waals surface area (Å²) in [6.07, 6.45) is 2.60. The third-order valence-corrected chi connectivity index (χ3v) is 4.14. The van der Waals surface area contributed by atoms with E-state index >= 15 is 0 Å². The third-order valence-electron chi connectivity index (χ3n) is 3.68. The molecule has 3 rings (SSSR count). The Hall–Kier alpha value is -1.47. The van der Waals surface area contributed by atoms with Crippen molar-refractivity contribution in [1.82, 2.24) is 20.2 Å². The van der Waals surface area contributed by atoms with Gasteiger partial charge in [-0.2, -0.15) is 0 Å². The van der Waals surface area contributed by atoms with Crippen LogP contribution in [0.5, 0.6) is 0 Å². The molecule has 0 unspecified atom stereocenters. The van der Waals surface area contributed by atoms with Crippen molar-refractivity contribution in [1.29, 1.82) is 0 Å². The largest absolute Gasteiger partial charge is 0.398 e. The van der Waals surface area contributed by atoms with Crippen LogP contribution in [-0.2, 0) is 11.3 Å². The van der Waals surface area contributed by atoms with Crippen LogP contribution in [0.1, 0.15) is 18.4 Å². The molecule has 1 fully saturated rings. The van der Waals surface area contributed by atoms with Crippen molar-refractivity contribution in [2.75, 3.05) is 18.9 Å². The second kappa shape index (κ2) is 6.11. The fourth-order valence-electron chi connectivity index (χ4n) is 2.17. The standard InChI is InChI=1S/C14H18BrN5O/c1-9-12(6-11(15)7-13(9)16)14-17-18-19-20(14)4-5-21-8-10-2-3-10/h6-7,10H,2-5,8,16H2,1H3. The van der Waals surface area contributed by atoms with Gasteiger partial charge in [-0.1, -0.05) is 15.9 Å². The van der Waals surface area contributed by atoms with Crippen molar-refractivity contribution in [3.63, 3.8) is 0 Å². The molecule has 1 aromatic heterocycles. The normalized spacial score (nSPS) is 14.6. The summed E-state index contributed by atoms with van der Waals surface area (Å²) in [6.45, 7) is 4.08. The molecule has 21 heavy (non-hydrogen) atoms. The Morgan fingerprint density at radius 1 is 1.43 bits per heavy atom. The van der Waals surface area contributed by atoms with Crippen molar-refractivity contribution < 1.29 is 4.74 Å². The van der Waals surface area contributed by atoms with E-state index in [1.54, 1.807) is 4.68 Å². The molecule has 1 aliphatic carbocycles. The summed E-state index contributed by atoms with van der Waals surface area (Å²) < 4.78 is 8.33. The first-order valence-electron chi connectivity index (χ1n) is 7.05. The van der Waals surface area contributed by atoms with E-state index < -0.39 is 0 Å². The lowest BCUT2D eigenvalue weighted by molar-refractivity contribution is 0.114. The SMILES string of the molecule is Cc1c(N)cc(Br)cc1-c1nnnn1CCOCC1CC1.